The van der Waals surface area contributed by atoms with Crippen LogP contribution in [0.25, 0.3) is 0 Å². The second-order valence-electron chi connectivity index (χ2n) is 7.68. The minimum absolute atomic E-state index is 0.196. The maximum absolute atomic E-state index is 13.0. The molecule has 1 aromatic heterocycles. The molecule has 7 nitrogen and oxygen atoms in total. The number of hydrogen-bond acceptors (Lipinski definition) is 6. The van der Waals surface area contributed by atoms with Crippen LogP contribution in [0.1, 0.15) is 61.6 Å². The van der Waals surface area contributed by atoms with Crippen molar-refractivity contribution in [2.45, 2.75) is 69.2 Å². The predicted molar refractivity (Wildman–Crippen MR) is 119 cm³/mol. The highest BCUT2D eigenvalue weighted by atomic mass is 32.2. The van der Waals surface area contributed by atoms with Crippen molar-refractivity contribution in [2.24, 2.45) is 4.99 Å². The molecule has 30 heavy (non-hydrogen) atoms. The quantitative estimate of drug-likeness (QED) is 0.662. The average Bonchev–Trinajstić information content (AvgIpc) is 3.13. The first-order chi connectivity index (χ1) is 14.5. The van der Waals surface area contributed by atoms with Crippen LogP contribution in [0.15, 0.2) is 34.2 Å². The lowest BCUT2D eigenvalue weighted by molar-refractivity contribution is -0.117. The lowest BCUT2D eigenvalue weighted by Crippen LogP contribution is -2.30. The van der Waals surface area contributed by atoms with Crippen molar-refractivity contribution < 1.29 is 13.2 Å². The largest absolute Gasteiger partial charge is 0.300 e. The first kappa shape index (κ1) is 21.0. The fourth-order valence-corrected chi connectivity index (χ4v) is 6.10. The Kier molecular flexibility index (Phi) is 6.19. The molecule has 0 spiro atoms. The molecule has 9 heteroatoms. The number of aromatic nitrogens is 1. The summed E-state index contributed by atoms with van der Waals surface area (Å²) in [7, 11) is -3.63. The molecule has 1 atom stereocenters. The van der Waals surface area contributed by atoms with E-state index in [1.165, 1.54) is 11.3 Å². The summed E-state index contributed by atoms with van der Waals surface area (Å²) in [6.07, 6.45) is 7.77. The number of carbonyl (C=O) groups excluding carboxylic acids is 1. The Morgan fingerprint density at radius 3 is 2.90 bits per heavy atom. The molecular formula is C21H26N4O3S2. The topological polar surface area (TPSA) is 101 Å². The van der Waals surface area contributed by atoms with Crippen LogP contribution in [0.5, 0.6) is 0 Å². The number of fused-ring (bicyclic) bond motifs is 2. The molecule has 1 aliphatic heterocycles. The number of carbonyl (C=O) groups is 1. The van der Waals surface area contributed by atoms with Crippen molar-refractivity contribution in [2.75, 3.05) is 5.32 Å². The fourth-order valence-electron chi connectivity index (χ4n) is 3.81. The number of aliphatic imine (C=N–C) groups is 1. The summed E-state index contributed by atoms with van der Waals surface area (Å²) in [5.41, 5.74) is 1.61. The number of aryl methyl sites for hydroxylation is 2. The maximum Gasteiger partial charge on any atom is 0.263 e. The molecule has 1 aliphatic carbocycles. The van der Waals surface area contributed by atoms with Gasteiger partial charge in [-0.05, 0) is 44.2 Å². The van der Waals surface area contributed by atoms with Gasteiger partial charge in [0.25, 0.3) is 15.9 Å². The summed E-state index contributed by atoms with van der Waals surface area (Å²) in [4.78, 5) is 23.7. The Labute approximate surface area is 181 Å². The molecule has 4 rings (SSSR count). The first-order valence-electron chi connectivity index (χ1n) is 10.5. The van der Waals surface area contributed by atoms with Crippen LogP contribution in [0.2, 0.25) is 0 Å². The number of amidine groups is 1. The highest BCUT2D eigenvalue weighted by Crippen LogP contribution is 2.29. The van der Waals surface area contributed by atoms with E-state index in [0.717, 1.165) is 44.2 Å². The molecule has 1 unspecified atom stereocenters. The Balaban J connectivity index is 1.57. The summed E-state index contributed by atoms with van der Waals surface area (Å²) >= 11 is 1.55. The molecule has 0 bridgehead atoms. The minimum Gasteiger partial charge on any atom is -0.300 e. The fraction of sp³-hybridized carbons (Fsp3) is 0.476. The zero-order valence-corrected chi connectivity index (χ0v) is 18.6. The normalized spacial score (nSPS) is 19.4. The van der Waals surface area contributed by atoms with Crippen LogP contribution in [0.3, 0.4) is 0 Å². The molecule has 0 saturated heterocycles. The number of sulfonamides is 1. The Hall–Kier alpha value is -2.26. The van der Waals surface area contributed by atoms with E-state index in [1.54, 1.807) is 35.6 Å². The smallest absolute Gasteiger partial charge is 0.263 e. The molecular weight excluding hydrogens is 420 g/mol. The molecule has 2 heterocycles. The molecule has 0 saturated carbocycles. The van der Waals surface area contributed by atoms with E-state index in [-0.39, 0.29) is 16.6 Å². The number of nitrogens with zero attached hydrogens (tertiary/aromatic N) is 2. The Morgan fingerprint density at radius 2 is 2.07 bits per heavy atom. The van der Waals surface area contributed by atoms with Gasteiger partial charge in [0.2, 0.25) is 0 Å². The van der Waals surface area contributed by atoms with Gasteiger partial charge < -0.3 is 5.32 Å². The van der Waals surface area contributed by atoms with Crippen LogP contribution in [0, 0.1) is 0 Å². The molecule has 1 aromatic carbocycles. The summed E-state index contributed by atoms with van der Waals surface area (Å²) in [5.74, 6) is -0.0137. The van der Waals surface area contributed by atoms with Gasteiger partial charge in [0.05, 0.1) is 10.6 Å². The third kappa shape index (κ3) is 4.41. The van der Waals surface area contributed by atoms with E-state index in [9.17, 15) is 13.2 Å². The number of rotatable bonds is 6. The molecule has 0 radical (unpaired) electrons. The van der Waals surface area contributed by atoms with Gasteiger partial charge in [-0.1, -0.05) is 38.3 Å². The Bertz CT molecular complexity index is 1050. The molecule has 0 fully saturated rings. The zero-order valence-electron chi connectivity index (χ0n) is 17.0. The number of amides is 1. The highest BCUT2D eigenvalue weighted by Gasteiger charge is 2.32. The van der Waals surface area contributed by atoms with Gasteiger partial charge in [-0.3, -0.25) is 14.5 Å². The maximum atomic E-state index is 13.0. The van der Waals surface area contributed by atoms with Crippen LogP contribution in [-0.4, -0.2) is 31.2 Å². The van der Waals surface area contributed by atoms with Crippen molar-refractivity contribution in [3.8, 4) is 0 Å². The van der Waals surface area contributed by atoms with Crippen LogP contribution >= 0.6 is 11.3 Å². The number of thiazole rings is 1. The lowest BCUT2D eigenvalue weighted by atomic mass is 10.1. The predicted octanol–water partition coefficient (Wildman–Crippen LogP) is 3.65. The van der Waals surface area contributed by atoms with Gasteiger partial charge >= 0.3 is 0 Å². The van der Waals surface area contributed by atoms with Gasteiger partial charge in [-0.25, -0.2) is 13.4 Å². The van der Waals surface area contributed by atoms with E-state index in [4.69, 9.17) is 0 Å². The highest BCUT2D eigenvalue weighted by molar-refractivity contribution is 7.90. The van der Waals surface area contributed by atoms with Gasteiger partial charge in [0.1, 0.15) is 11.9 Å². The summed E-state index contributed by atoms with van der Waals surface area (Å²) < 4.78 is 27.2. The number of benzene rings is 1. The van der Waals surface area contributed by atoms with Crippen LogP contribution < -0.4 is 10.0 Å². The molecule has 2 aliphatic rings. The van der Waals surface area contributed by atoms with Gasteiger partial charge in [-0.15, -0.1) is 11.3 Å². The summed E-state index contributed by atoms with van der Waals surface area (Å²) in [6, 6.07) is 6.01. The SMILES string of the molecule is CCCCC(N=C1NS(=O)(=O)c2ccccc21)C(=O)Nc1nc2c(s1)CCCCC2. The summed E-state index contributed by atoms with van der Waals surface area (Å²) in [5, 5.41) is 3.54. The van der Waals surface area contributed by atoms with Crippen LogP contribution in [0.4, 0.5) is 5.13 Å². The van der Waals surface area contributed by atoms with E-state index >= 15 is 0 Å². The zero-order chi connectivity index (χ0) is 21.1. The van der Waals surface area contributed by atoms with Gasteiger partial charge in [0.15, 0.2) is 5.13 Å². The van der Waals surface area contributed by atoms with E-state index in [1.807, 2.05) is 6.92 Å². The second kappa shape index (κ2) is 8.85. The van der Waals surface area contributed by atoms with E-state index in [2.05, 4.69) is 20.0 Å². The number of unbranched alkanes of at least 4 members (excludes halogenated alkanes) is 1. The minimum atomic E-state index is -3.63. The third-order valence-electron chi connectivity index (χ3n) is 5.41. The summed E-state index contributed by atoms with van der Waals surface area (Å²) in [6.45, 7) is 2.05. The van der Waals surface area contributed by atoms with Gasteiger partial charge in [-0.2, -0.15) is 0 Å². The number of nitrogens with one attached hydrogen (secondary N) is 2. The second-order valence-corrected chi connectivity index (χ2v) is 10.4. The molecule has 1 amide bonds. The van der Waals surface area contributed by atoms with Crippen molar-refractivity contribution in [3.05, 3.63) is 40.4 Å². The average molecular weight is 447 g/mol. The van der Waals surface area contributed by atoms with Crippen molar-refractivity contribution in [1.82, 2.24) is 9.71 Å². The molecule has 2 N–H and O–H groups in total. The first-order valence-corrected chi connectivity index (χ1v) is 12.8. The number of anilines is 1. The Morgan fingerprint density at radius 1 is 1.27 bits per heavy atom. The standard InChI is InChI=1S/C21H26N4O3S2/c1-2-3-10-16(22-19-14-9-7-8-13-18(14)30(27,28)25-19)20(26)24-21-23-15-11-5-4-6-12-17(15)29-21/h7-9,13,16H,2-6,10-12H2,1H3,(H,22,25)(H,23,24,26). The van der Waals surface area contributed by atoms with Crippen LogP contribution in [-0.2, 0) is 27.7 Å². The molecule has 160 valence electrons. The lowest BCUT2D eigenvalue weighted by Gasteiger charge is -2.12. The van der Waals surface area contributed by atoms with Crippen molar-refractivity contribution in [1.29, 1.82) is 0 Å². The monoisotopic (exact) mass is 446 g/mol. The van der Waals surface area contributed by atoms with E-state index in [0.29, 0.717) is 17.1 Å². The van der Waals surface area contributed by atoms with E-state index < -0.39 is 16.1 Å². The van der Waals surface area contributed by atoms with Crippen molar-refractivity contribution in [3.63, 3.8) is 0 Å². The van der Waals surface area contributed by atoms with Gasteiger partial charge in [0, 0.05) is 10.4 Å². The third-order valence-corrected chi connectivity index (χ3v) is 7.88. The van der Waals surface area contributed by atoms with Crippen molar-refractivity contribution >= 4 is 38.2 Å². The number of hydrogen-bond donors (Lipinski definition) is 2. The molecule has 2 aromatic rings.